The molecule has 21 N–H and O–H groups in total. The third-order valence-corrected chi connectivity index (χ3v) is 11.4. The molecule has 2 aromatic rings. The lowest BCUT2D eigenvalue weighted by atomic mass is 10.0. The van der Waals surface area contributed by atoms with E-state index in [-0.39, 0.29) is 43.9 Å². The number of aromatic hydroxyl groups is 1. The van der Waals surface area contributed by atoms with E-state index < -0.39 is 145 Å². The van der Waals surface area contributed by atoms with E-state index in [0.717, 1.165) is 0 Å². The molecule has 77 heavy (non-hydrogen) atoms. The molecule has 1 aromatic heterocycles. The second-order valence-corrected chi connectivity index (χ2v) is 18.3. The first-order valence-electron chi connectivity index (χ1n) is 24.7. The van der Waals surface area contributed by atoms with Crippen molar-refractivity contribution in [1.82, 2.24) is 57.8 Å². The largest absolute Gasteiger partial charge is 0.508 e. The molecule has 0 spiro atoms. The number of aromatic nitrogens is 2. The number of carbonyl (C=O) groups excluding carboxylic acids is 9. The number of phenols is 1. The van der Waals surface area contributed by atoms with Crippen LogP contribution in [0.2, 0.25) is 0 Å². The Kier molecular flexibility index (Phi) is 28.1. The second kappa shape index (κ2) is 33.5. The Morgan fingerprint density at radius 3 is 1.77 bits per heavy atom. The van der Waals surface area contributed by atoms with Crippen LogP contribution in [-0.2, 0) is 65.6 Å². The van der Waals surface area contributed by atoms with Crippen molar-refractivity contribution in [2.45, 2.75) is 134 Å². The smallest absolute Gasteiger partial charge is 0.325 e. The van der Waals surface area contributed by atoms with Crippen molar-refractivity contribution in [3.05, 3.63) is 48.0 Å². The number of hydrogen-bond acceptors (Lipinski definition) is 16. The van der Waals surface area contributed by atoms with Crippen molar-refractivity contribution in [3.63, 3.8) is 0 Å². The molecule has 426 valence electrons. The molecule has 0 aliphatic rings. The van der Waals surface area contributed by atoms with Crippen molar-refractivity contribution in [3.8, 4) is 5.75 Å². The number of aliphatic imine (C=N–C) groups is 1. The average Bonchev–Trinajstić information content (AvgIpc) is 3.89. The summed E-state index contributed by atoms with van der Waals surface area (Å²) in [5, 5.41) is 50.5. The molecule has 1 aromatic carbocycles. The van der Waals surface area contributed by atoms with Crippen molar-refractivity contribution in [2.75, 3.05) is 26.2 Å². The molecule has 0 saturated heterocycles. The SMILES string of the molecule is CC(C)[C@H](NC(=O)[C@H](CCCN=C(N)N)NC(=O)[C@H](CCC(=O)O)NC(=O)[C@H](C)NC(=O)[C@H](Cc1ccc(O)cc1)NC(=O)[C@H](Cc1cnc[nH]1)NC(=O)CNC(=O)[C@@H](N)CCCCN)C(=O)NCC(=O)N[C@@H](C)C(=O)O. The quantitative estimate of drug-likeness (QED) is 0.0174. The Morgan fingerprint density at radius 1 is 0.623 bits per heavy atom. The summed E-state index contributed by atoms with van der Waals surface area (Å²) in [6.07, 6.45) is 2.61. The fourth-order valence-electron chi connectivity index (χ4n) is 7.04. The molecule has 8 atom stereocenters. The zero-order chi connectivity index (χ0) is 57.8. The van der Waals surface area contributed by atoms with Gasteiger partial charge in [0.1, 0.15) is 48.0 Å². The number of carbonyl (C=O) groups is 11. The Morgan fingerprint density at radius 2 is 1.18 bits per heavy atom. The summed E-state index contributed by atoms with van der Waals surface area (Å²) >= 11 is 0. The monoisotopic (exact) mass is 1090 g/mol. The van der Waals surface area contributed by atoms with Gasteiger partial charge in [-0.3, -0.25) is 57.7 Å². The minimum Gasteiger partial charge on any atom is -0.508 e. The molecule has 0 aliphatic heterocycles. The summed E-state index contributed by atoms with van der Waals surface area (Å²) in [4.78, 5) is 154. The predicted octanol–water partition coefficient (Wildman–Crippen LogP) is -5.32. The number of nitrogens with one attached hydrogen (secondary N) is 10. The molecular formula is C47H74N16O14. The number of hydrogen-bond donors (Lipinski definition) is 17. The first-order valence-corrected chi connectivity index (χ1v) is 24.7. The van der Waals surface area contributed by atoms with E-state index in [1.54, 1.807) is 13.8 Å². The lowest BCUT2D eigenvalue weighted by Crippen LogP contribution is -2.60. The molecular weight excluding hydrogens is 1010 g/mol. The number of carboxylic acid groups (broad SMARTS) is 2. The van der Waals surface area contributed by atoms with Gasteiger partial charge < -0.3 is 91.1 Å². The fraction of sp³-hybridized carbons (Fsp3) is 0.553. The summed E-state index contributed by atoms with van der Waals surface area (Å²) in [5.41, 5.74) is 23.1. The van der Waals surface area contributed by atoms with Crippen LogP contribution in [0.15, 0.2) is 41.8 Å². The van der Waals surface area contributed by atoms with Crippen molar-refractivity contribution < 1.29 is 68.1 Å². The first-order chi connectivity index (χ1) is 36.3. The second-order valence-electron chi connectivity index (χ2n) is 18.3. The maximum absolute atomic E-state index is 14.1. The number of benzene rings is 1. The van der Waals surface area contributed by atoms with Gasteiger partial charge in [0.25, 0.3) is 0 Å². The van der Waals surface area contributed by atoms with Crippen LogP contribution in [0.3, 0.4) is 0 Å². The number of carboxylic acids is 2. The van der Waals surface area contributed by atoms with E-state index in [9.17, 15) is 63.0 Å². The molecule has 0 fully saturated rings. The van der Waals surface area contributed by atoms with Gasteiger partial charge in [-0.25, -0.2) is 4.98 Å². The maximum atomic E-state index is 14.1. The lowest BCUT2D eigenvalue weighted by molar-refractivity contribution is -0.141. The molecule has 2 rings (SSSR count). The Balaban J connectivity index is 2.36. The highest BCUT2D eigenvalue weighted by molar-refractivity contribution is 5.98. The van der Waals surface area contributed by atoms with Crippen molar-refractivity contribution in [1.29, 1.82) is 0 Å². The van der Waals surface area contributed by atoms with Gasteiger partial charge in [0.05, 0.1) is 25.5 Å². The number of amides is 9. The van der Waals surface area contributed by atoms with Gasteiger partial charge in [-0.1, -0.05) is 32.4 Å². The summed E-state index contributed by atoms with van der Waals surface area (Å²) in [6.45, 7) is 4.77. The summed E-state index contributed by atoms with van der Waals surface area (Å²) in [7, 11) is 0. The minimum absolute atomic E-state index is 0.0180. The van der Waals surface area contributed by atoms with E-state index in [4.69, 9.17) is 28.0 Å². The Labute approximate surface area is 443 Å². The van der Waals surface area contributed by atoms with Crippen molar-refractivity contribution in [2.24, 2.45) is 33.8 Å². The molecule has 30 heteroatoms. The standard InChI is InChI=1S/C47H74N16O14/c1-24(2)38(45(75)55-21-35(65)57-26(4)46(76)77)63-42(72)31(9-7-17-53-47(50)51)61-41(71)32(14-15-37(67)68)60-39(69)25(3)58-43(73)33(18-27-10-12-29(64)13-11-27)62-44(74)34(19-28-20-52-23-56-28)59-36(66)22-54-40(70)30(49)8-5-6-16-48/h10-13,20,23-26,30-34,38,64H,5-9,14-19,21-22,48-49H2,1-4H3,(H,52,56)(H,54,70)(H,55,75)(H,57,65)(H,58,73)(H,59,66)(H,60,69)(H,61,71)(H,62,74)(H,63,72)(H,67,68)(H,76,77)(H4,50,51,53)/t25-,26-,30-,31-,32-,33-,34-,38-/m0/s1. The maximum Gasteiger partial charge on any atom is 0.325 e. The number of aliphatic carboxylic acids is 2. The van der Waals surface area contributed by atoms with Crippen molar-refractivity contribution >= 4 is 71.1 Å². The Bertz CT molecular complexity index is 2350. The van der Waals surface area contributed by atoms with Gasteiger partial charge in [0.15, 0.2) is 5.96 Å². The van der Waals surface area contributed by atoms with E-state index in [2.05, 4.69) is 62.8 Å². The number of imidazole rings is 1. The Hall–Kier alpha value is -8.41. The summed E-state index contributed by atoms with van der Waals surface area (Å²) in [5.74, 6) is -11.5. The molecule has 0 bridgehead atoms. The number of phenolic OH excluding ortho intramolecular Hbond substituents is 1. The molecule has 0 aliphatic carbocycles. The molecule has 1 heterocycles. The van der Waals surface area contributed by atoms with Crippen LogP contribution in [0.5, 0.6) is 5.75 Å². The highest BCUT2D eigenvalue weighted by Crippen LogP contribution is 2.13. The van der Waals surface area contributed by atoms with E-state index >= 15 is 0 Å². The number of guanidine groups is 1. The van der Waals surface area contributed by atoms with Gasteiger partial charge in [-0.2, -0.15) is 0 Å². The lowest BCUT2D eigenvalue weighted by Gasteiger charge is -2.27. The van der Waals surface area contributed by atoms with Crippen LogP contribution in [0.4, 0.5) is 0 Å². The number of H-pyrrole nitrogens is 1. The molecule has 30 nitrogen and oxygen atoms in total. The summed E-state index contributed by atoms with van der Waals surface area (Å²) in [6, 6.07) is -5.35. The van der Waals surface area contributed by atoms with Crippen LogP contribution in [0.25, 0.3) is 0 Å². The van der Waals surface area contributed by atoms with Gasteiger partial charge in [-0.15, -0.1) is 0 Å². The summed E-state index contributed by atoms with van der Waals surface area (Å²) < 4.78 is 0. The highest BCUT2D eigenvalue weighted by atomic mass is 16.4. The van der Waals surface area contributed by atoms with E-state index in [1.165, 1.54) is 50.6 Å². The average molecular weight is 1090 g/mol. The number of unbranched alkanes of at least 4 members (excludes halogenated alkanes) is 1. The highest BCUT2D eigenvalue weighted by Gasteiger charge is 2.34. The normalized spacial score (nSPS) is 14.0. The van der Waals surface area contributed by atoms with E-state index in [0.29, 0.717) is 37.1 Å². The van der Waals surface area contributed by atoms with Gasteiger partial charge in [0, 0.05) is 37.7 Å². The molecule has 0 unspecified atom stereocenters. The number of aromatic amines is 1. The van der Waals surface area contributed by atoms with Crippen LogP contribution in [0, 0.1) is 5.92 Å². The molecule has 9 amide bonds. The van der Waals surface area contributed by atoms with E-state index in [1.807, 2.05) is 0 Å². The van der Waals surface area contributed by atoms with Crippen LogP contribution in [-0.4, -0.2) is 171 Å². The van der Waals surface area contributed by atoms with Crippen LogP contribution in [0.1, 0.15) is 83.9 Å². The van der Waals surface area contributed by atoms with Crippen LogP contribution >= 0.6 is 0 Å². The molecule has 0 radical (unpaired) electrons. The number of nitrogens with two attached hydrogens (primary N) is 4. The number of rotatable bonds is 35. The van der Waals surface area contributed by atoms with Gasteiger partial charge in [0.2, 0.25) is 53.2 Å². The fourth-order valence-corrected chi connectivity index (χ4v) is 7.04. The number of nitrogens with zero attached hydrogens (tertiary/aromatic N) is 2. The minimum atomic E-state index is -1.65. The zero-order valence-electron chi connectivity index (χ0n) is 43.4. The van der Waals surface area contributed by atoms with Gasteiger partial charge >= 0.3 is 11.9 Å². The topological polar surface area (TPSA) is 502 Å². The zero-order valence-corrected chi connectivity index (χ0v) is 43.4. The van der Waals surface area contributed by atoms with Gasteiger partial charge in [-0.05, 0) is 76.1 Å². The molecule has 0 saturated carbocycles. The predicted molar refractivity (Wildman–Crippen MR) is 275 cm³/mol. The first kappa shape index (κ1) is 64.7. The third-order valence-electron chi connectivity index (χ3n) is 11.4. The third kappa shape index (κ3) is 25.1. The van der Waals surface area contributed by atoms with Crippen LogP contribution < -0.4 is 70.8 Å².